The third-order valence-electron chi connectivity index (χ3n) is 4.46. The highest BCUT2D eigenvalue weighted by atomic mass is 16.5. The summed E-state index contributed by atoms with van der Waals surface area (Å²) in [5.41, 5.74) is 2.28. The number of hydrogen-bond acceptors (Lipinski definition) is 4. The Bertz CT molecular complexity index is 527. The molecule has 1 fully saturated rings. The van der Waals surface area contributed by atoms with E-state index >= 15 is 0 Å². The summed E-state index contributed by atoms with van der Waals surface area (Å²) in [7, 11) is 3.64. The van der Waals surface area contributed by atoms with Crippen LogP contribution in [0.1, 0.15) is 30.9 Å². The minimum absolute atomic E-state index is 0.0493. The van der Waals surface area contributed by atoms with Crippen LogP contribution in [0.3, 0.4) is 0 Å². The van der Waals surface area contributed by atoms with Gasteiger partial charge in [-0.25, -0.2) is 0 Å². The third kappa shape index (κ3) is 4.94. The second-order valence-corrected chi connectivity index (χ2v) is 6.28. The lowest BCUT2D eigenvalue weighted by Crippen LogP contribution is -2.45. The van der Waals surface area contributed by atoms with Gasteiger partial charge in [0, 0.05) is 19.7 Å². The smallest absolute Gasteiger partial charge is 0.237 e. The van der Waals surface area contributed by atoms with Crippen LogP contribution in [0.2, 0.25) is 0 Å². The van der Waals surface area contributed by atoms with E-state index < -0.39 is 0 Å². The third-order valence-corrected chi connectivity index (χ3v) is 4.46. The molecule has 1 aliphatic rings. The summed E-state index contributed by atoms with van der Waals surface area (Å²) in [6, 6.07) is 5.94. The Morgan fingerprint density at radius 3 is 2.91 bits per heavy atom. The number of hydrogen-bond donors (Lipinski definition) is 1. The Morgan fingerprint density at radius 2 is 2.30 bits per heavy atom. The zero-order chi connectivity index (χ0) is 16.8. The molecule has 5 nitrogen and oxygen atoms in total. The molecule has 1 heterocycles. The minimum atomic E-state index is -0.182. The van der Waals surface area contributed by atoms with Gasteiger partial charge in [0.2, 0.25) is 5.91 Å². The number of benzene rings is 1. The van der Waals surface area contributed by atoms with E-state index in [1.807, 2.05) is 37.9 Å². The normalized spacial score (nSPS) is 18.9. The van der Waals surface area contributed by atoms with Gasteiger partial charge < -0.3 is 14.8 Å². The highest BCUT2D eigenvalue weighted by molar-refractivity contribution is 5.81. The minimum Gasteiger partial charge on any atom is -0.496 e. The summed E-state index contributed by atoms with van der Waals surface area (Å²) in [5.74, 6) is 0.937. The van der Waals surface area contributed by atoms with Crippen LogP contribution in [-0.2, 0) is 16.1 Å². The molecule has 0 aromatic heterocycles. The zero-order valence-corrected chi connectivity index (χ0v) is 14.6. The van der Waals surface area contributed by atoms with Crippen molar-refractivity contribution in [3.63, 3.8) is 0 Å². The van der Waals surface area contributed by atoms with Gasteiger partial charge in [-0.15, -0.1) is 0 Å². The molecule has 5 heteroatoms. The Kier molecular flexibility index (Phi) is 6.42. The lowest BCUT2D eigenvalue weighted by Gasteiger charge is -2.24. The molecule has 0 aliphatic carbocycles. The molecule has 128 valence electrons. The first kappa shape index (κ1) is 17.8. The van der Waals surface area contributed by atoms with Crippen LogP contribution in [0.4, 0.5) is 0 Å². The SMILES string of the molecule is COc1ccc(CN(C)C(C)C(=O)NCC2CCCO2)cc1C. The highest BCUT2D eigenvalue weighted by Crippen LogP contribution is 2.19. The molecule has 0 spiro atoms. The molecule has 1 aromatic carbocycles. The number of carbonyl (C=O) groups is 1. The number of carbonyl (C=O) groups excluding carboxylic acids is 1. The summed E-state index contributed by atoms with van der Waals surface area (Å²) in [4.78, 5) is 14.3. The summed E-state index contributed by atoms with van der Waals surface area (Å²) < 4.78 is 10.8. The molecular weight excluding hydrogens is 292 g/mol. The molecule has 1 aliphatic heterocycles. The molecule has 2 rings (SSSR count). The van der Waals surface area contributed by atoms with E-state index in [0.29, 0.717) is 6.54 Å². The van der Waals surface area contributed by atoms with Gasteiger partial charge in [0.05, 0.1) is 19.3 Å². The van der Waals surface area contributed by atoms with Crippen molar-refractivity contribution in [3.8, 4) is 5.75 Å². The number of nitrogens with zero attached hydrogens (tertiary/aromatic N) is 1. The second-order valence-electron chi connectivity index (χ2n) is 6.28. The van der Waals surface area contributed by atoms with Crippen molar-refractivity contribution in [3.05, 3.63) is 29.3 Å². The first-order valence-electron chi connectivity index (χ1n) is 8.24. The Labute approximate surface area is 139 Å². The first-order chi connectivity index (χ1) is 11.0. The Hall–Kier alpha value is -1.59. The van der Waals surface area contributed by atoms with Crippen molar-refractivity contribution in [2.45, 2.75) is 45.4 Å². The summed E-state index contributed by atoms with van der Waals surface area (Å²) in [6.45, 7) is 6.10. The van der Waals surface area contributed by atoms with Crippen molar-refractivity contribution < 1.29 is 14.3 Å². The van der Waals surface area contributed by atoms with Crippen LogP contribution in [0.15, 0.2) is 18.2 Å². The molecule has 0 radical (unpaired) electrons. The summed E-state index contributed by atoms with van der Waals surface area (Å²) in [5, 5.41) is 3.00. The van der Waals surface area contributed by atoms with Crippen molar-refractivity contribution >= 4 is 5.91 Å². The number of likely N-dealkylation sites (N-methyl/N-ethyl adjacent to an activating group) is 1. The summed E-state index contributed by atoms with van der Waals surface area (Å²) in [6.07, 6.45) is 2.31. The van der Waals surface area contributed by atoms with E-state index in [9.17, 15) is 4.79 Å². The van der Waals surface area contributed by atoms with Crippen LogP contribution < -0.4 is 10.1 Å². The van der Waals surface area contributed by atoms with E-state index in [1.165, 1.54) is 5.56 Å². The van der Waals surface area contributed by atoms with Crippen LogP contribution in [0.25, 0.3) is 0 Å². The molecule has 0 saturated carbocycles. The van der Waals surface area contributed by atoms with E-state index in [2.05, 4.69) is 11.4 Å². The predicted octanol–water partition coefficient (Wildman–Crippen LogP) is 2.12. The maximum atomic E-state index is 12.3. The number of nitrogens with one attached hydrogen (secondary N) is 1. The second kappa shape index (κ2) is 8.31. The largest absolute Gasteiger partial charge is 0.496 e. The lowest BCUT2D eigenvalue weighted by atomic mass is 10.1. The van der Waals surface area contributed by atoms with E-state index in [-0.39, 0.29) is 18.1 Å². The number of amides is 1. The molecule has 1 amide bonds. The summed E-state index contributed by atoms with van der Waals surface area (Å²) >= 11 is 0. The van der Waals surface area contributed by atoms with Crippen LogP contribution >= 0.6 is 0 Å². The van der Waals surface area contributed by atoms with Crippen molar-refractivity contribution in [1.82, 2.24) is 10.2 Å². The van der Waals surface area contributed by atoms with Crippen molar-refractivity contribution in [1.29, 1.82) is 0 Å². The monoisotopic (exact) mass is 320 g/mol. The zero-order valence-electron chi connectivity index (χ0n) is 14.6. The molecule has 0 bridgehead atoms. The van der Waals surface area contributed by atoms with Gasteiger partial charge in [-0.1, -0.05) is 12.1 Å². The van der Waals surface area contributed by atoms with Crippen LogP contribution in [-0.4, -0.2) is 50.3 Å². The topological polar surface area (TPSA) is 50.8 Å². The Morgan fingerprint density at radius 1 is 1.52 bits per heavy atom. The fourth-order valence-corrected chi connectivity index (χ4v) is 2.83. The average Bonchev–Trinajstić information content (AvgIpc) is 3.05. The molecule has 2 atom stereocenters. The molecule has 1 aromatic rings. The van der Waals surface area contributed by atoms with Gasteiger partial charge in [-0.2, -0.15) is 0 Å². The van der Waals surface area contributed by atoms with E-state index in [0.717, 1.165) is 37.3 Å². The highest BCUT2D eigenvalue weighted by Gasteiger charge is 2.21. The quantitative estimate of drug-likeness (QED) is 0.836. The van der Waals surface area contributed by atoms with Crippen LogP contribution in [0, 0.1) is 6.92 Å². The lowest BCUT2D eigenvalue weighted by molar-refractivity contribution is -0.126. The fourth-order valence-electron chi connectivity index (χ4n) is 2.83. The number of methoxy groups -OCH3 is 1. The van der Waals surface area contributed by atoms with Crippen LogP contribution in [0.5, 0.6) is 5.75 Å². The first-order valence-corrected chi connectivity index (χ1v) is 8.24. The predicted molar refractivity (Wildman–Crippen MR) is 90.6 cm³/mol. The standard InChI is InChI=1S/C18H28N2O3/c1-13-10-15(7-8-17(13)22-4)12-20(3)14(2)18(21)19-11-16-6-5-9-23-16/h7-8,10,14,16H,5-6,9,11-12H2,1-4H3,(H,19,21). The van der Waals surface area contributed by atoms with Gasteiger partial charge in [0.25, 0.3) is 0 Å². The van der Waals surface area contributed by atoms with Gasteiger partial charge in [0.1, 0.15) is 5.75 Å². The average molecular weight is 320 g/mol. The molecule has 1 N–H and O–H groups in total. The molecule has 1 saturated heterocycles. The Balaban J connectivity index is 1.84. The van der Waals surface area contributed by atoms with E-state index in [4.69, 9.17) is 9.47 Å². The number of ether oxygens (including phenoxy) is 2. The molecule has 2 unspecified atom stereocenters. The maximum Gasteiger partial charge on any atom is 0.237 e. The van der Waals surface area contributed by atoms with Gasteiger partial charge in [-0.05, 0) is 50.9 Å². The van der Waals surface area contributed by atoms with Gasteiger partial charge in [0.15, 0.2) is 0 Å². The fraction of sp³-hybridized carbons (Fsp3) is 0.611. The van der Waals surface area contributed by atoms with Gasteiger partial charge in [-0.3, -0.25) is 9.69 Å². The number of rotatable bonds is 7. The van der Waals surface area contributed by atoms with Gasteiger partial charge >= 0.3 is 0 Å². The van der Waals surface area contributed by atoms with Crippen molar-refractivity contribution in [2.75, 3.05) is 27.3 Å². The number of aryl methyl sites for hydroxylation is 1. The molecular formula is C18H28N2O3. The maximum absolute atomic E-state index is 12.3. The molecule has 23 heavy (non-hydrogen) atoms. The van der Waals surface area contributed by atoms with Crippen molar-refractivity contribution in [2.24, 2.45) is 0 Å². The van der Waals surface area contributed by atoms with E-state index in [1.54, 1.807) is 7.11 Å².